The molecule has 1 aromatic rings. The van der Waals surface area contributed by atoms with Crippen LogP contribution in [0.4, 0.5) is 18.0 Å². The van der Waals surface area contributed by atoms with E-state index in [2.05, 4.69) is 0 Å². The van der Waals surface area contributed by atoms with Crippen molar-refractivity contribution in [3.63, 3.8) is 0 Å². The zero-order valence-electron chi connectivity index (χ0n) is 21.5. The molecule has 1 aliphatic carbocycles. The molecule has 0 aromatic heterocycles. The van der Waals surface area contributed by atoms with Crippen molar-refractivity contribution >= 4 is 35.2 Å². The Bertz CT molecular complexity index is 1030. The summed E-state index contributed by atoms with van der Waals surface area (Å²) in [5.74, 6) is -0.142. The number of likely N-dealkylation sites (tertiary alicyclic amines) is 2. The molecule has 3 aliphatic rings. The highest BCUT2D eigenvalue weighted by Gasteiger charge is 2.48. The van der Waals surface area contributed by atoms with E-state index in [9.17, 15) is 27.9 Å². The number of nitrogens with zero attached hydrogens (tertiary/aromatic N) is 3. The maximum atomic E-state index is 12.7. The molecule has 1 unspecified atom stereocenters. The van der Waals surface area contributed by atoms with Gasteiger partial charge in [0.2, 0.25) is 5.91 Å². The van der Waals surface area contributed by atoms with E-state index in [4.69, 9.17) is 27.9 Å². The number of likely N-dealkylation sites (N-methyl/N-ethyl adjacent to an activating group) is 1. The van der Waals surface area contributed by atoms with Crippen LogP contribution in [0.3, 0.4) is 0 Å². The van der Waals surface area contributed by atoms with Gasteiger partial charge in [0, 0.05) is 50.5 Å². The molecule has 0 radical (unpaired) electrons. The molecule has 7 nitrogen and oxygen atoms in total. The van der Waals surface area contributed by atoms with Gasteiger partial charge in [0.15, 0.2) is 0 Å². The van der Waals surface area contributed by atoms with Gasteiger partial charge in [-0.1, -0.05) is 36.2 Å². The summed E-state index contributed by atoms with van der Waals surface area (Å²) >= 11 is 12.3. The van der Waals surface area contributed by atoms with E-state index in [1.54, 1.807) is 18.2 Å². The Morgan fingerprint density at radius 1 is 1.18 bits per heavy atom. The highest BCUT2D eigenvalue weighted by molar-refractivity contribution is 6.42. The molecule has 1 saturated carbocycles. The number of rotatable bonds is 7. The van der Waals surface area contributed by atoms with Crippen molar-refractivity contribution < 1.29 is 32.6 Å². The van der Waals surface area contributed by atoms with Gasteiger partial charge >= 0.3 is 12.3 Å². The Hall–Kier alpha value is -1.75. The first kappa shape index (κ1) is 29.2. The Kier molecular flexibility index (Phi) is 8.76. The topological polar surface area (TPSA) is 73.3 Å². The van der Waals surface area contributed by atoms with E-state index in [0.717, 1.165) is 18.4 Å². The van der Waals surface area contributed by atoms with Gasteiger partial charge in [0.1, 0.15) is 12.8 Å². The maximum absolute atomic E-state index is 12.7. The number of hydrogen-bond acceptors (Lipinski definition) is 5. The van der Waals surface area contributed by atoms with E-state index in [0.29, 0.717) is 49.1 Å². The van der Waals surface area contributed by atoms with E-state index in [-0.39, 0.29) is 23.2 Å². The van der Waals surface area contributed by atoms with Crippen molar-refractivity contribution in [1.82, 2.24) is 14.7 Å². The van der Waals surface area contributed by atoms with Gasteiger partial charge < -0.3 is 19.6 Å². The number of amides is 2. The molecule has 2 aliphatic heterocycles. The van der Waals surface area contributed by atoms with E-state index >= 15 is 0 Å². The van der Waals surface area contributed by atoms with Gasteiger partial charge in [0.25, 0.3) is 0 Å². The predicted molar refractivity (Wildman–Crippen MR) is 137 cm³/mol. The van der Waals surface area contributed by atoms with Gasteiger partial charge in [-0.2, -0.15) is 13.2 Å². The third-order valence-corrected chi connectivity index (χ3v) is 8.96. The van der Waals surface area contributed by atoms with Crippen LogP contribution in [0.1, 0.15) is 50.5 Å². The Balaban J connectivity index is 1.44. The van der Waals surface area contributed by atoms with Crippen LogP contribution in [-0.2, 0) is 9.53 Å². The number of aliphatic hydroxyl groups is 1. The van der Waals surface area contributed by atoms with Crippen LogP contribution in [0.25, 0.3) is 0 Å². The van der Waals surface area contributed by atoms with Gasteiger partial charge in [-0.15, -0.1) is 0 Å². The monoisotopic (exact) mass is 579 g/mol. The van der Waals surface area contributed by atoms with Crippen molar-refractivity contribution in [3.05, 3.63) is 33.8 Å². The summed E-state index contributed by atoms with van der Waals surface area (Å²) in [6.45, 7) is 3.12. The van der Waals surface area contributed by atoms with Crippen molar-refractivity contribution in [3.8, 4) is 0 Å². The zero-order valence-corrected chi connectivity index (χ0v) is 23.0. The minimum atomic E-state index is -4.42. The molecular weight excluding hydrogens is 546 g/mol. The highest BCUT2D eigenvalue weighted by Crippen LogP contribution is 2.47. The lowest BCUT2D eigenvalue weighted by molar-refractivity contribution is -0.142. The molecule has 3 fully saturated rings. The lowest BCUT2D eigenvalue weighted by Crippen LogP contribution is -2.48. The first-order chi connectivity index (χ1) is 17.8. The molecular formula is C26H34Cl2F3N3O4. The first-order valence-corrected chi connectivity index (χ1v) is 13.7. The fourth-order valence-electron chi connectivity index (χ4n) is 5.47. The molecule has 2 saturated heterocycles. The molecule has 0 spiro atoms. The van der Waals surface area contributed by atoms with Gasteiger partial charge in [0.05, 0.1) is 22.5 Å². The Labute approximate surface area is 230 Å². The number of hydrogen-bond donors (Lipinski definition) is 1. The Morgan fingerprint density at radius 2 is 1.84 bits per heavy atom. The maximum Gasteiger partial charge on any atom is 0.409 e. The number of halogens is 5. The Morgan fingerprint density at radius 3 is 2.42 bits per heavy atom. The van der Waals surface area contributed by atoms with Crippen molar-refractivity contribution in [1.29, 1.82) is 0 Å². The summed E-state index contributed by atoms with van der Waals surface area (Å²) in [4.78, 5) is 30.4. The number of piperidine rings is 1. The second-order valence-electron chi connectivity index (χ2n) is 11.0. The van der Waals surface area contributed by atoms with E-state index < -0.39 is 37.6 Å². The lowest BCUT2D eigenvalue weighted by atomic mass is 9.92. The largest absolute Gasteiger partial charge is 0.449 e. The van der Waals surface area contributed by atoms with E-state index in [1.165, 1.54) is 11.9 Å². The van der Waals surface area contributed by atoms with Crippen LogP contribution in [0.5, 0.6) is 0 Å². The molecule has 2 heterocycles. The van der Waals surface area contributed by atoms with Crippen LogP contribution in [0, 0.1) is 11.3 Å². The van der Waals surface area contributed by atoms with Crippen LogP contribution in [0.2, 0.25) is 10.0 Å². The SMILES string of the molecule is CN(C(=O)OCCC(F)(F)F)[C@H]1CN(C(O)C2CCN(C(=O)C3(C)CC3)CC2)C[C@@H]1c1ccc(Cl)c(Cl)c1. The highest BCUT2D eigenvalue weighted by atomic mass is 35.5. The minimum absolute atomic E-state index is 0.0525. The summed E-state index contributed by atoms with van der Waals surface area (Å²) in [6.07, 6.45) is -4.13. The van der Waals surface area contributed by atoms with Crippen molar-refractivity contribution in [2.24, 2.45) is 11.3 Å². The van der Waals surface area contributed by atoms with Gasteiger partial charge in [-0.25, -0.2) is 4.79 Å². The number of alkyl halides is 3. The summed E-state index contributed by atoms with van der Waals surface area (Å²) < 4.78 is 42.5. The molecule has 3 atom stereocenters. The molecule has 12 heteroatoms. The predicted octanol–water partition coefficient (Wildman–Crippen LogP) is 5.14. The summed E-state index contributed by atoms with van der Waals surface area (Å²) in [7, 11) is 1.49. The number of carbonyl (C=O) groups is 2. The number of carbonyl (C=O) groups excluding carboxylic acids is 2. The molecule has 38 heavy (non-hydrogen) atoms. The van der Waals surface area contributed by atoms with Crippen LogP contribution in [0.15, 0.2) is 18.2 Å². The van der Waals surface area contributed by atoms with Crippen molar-refractivity contribution in [2.45, 2.75) is 63.4 Å². The standard InChI is InChI=1S/C26H34Cl2F3N3O4/c1-25(7-8-25)23(36)33-10-5-16(6-11-33)22(35)34-14-18(17-3-4-19(27)20(28)13-17)21(15-34)32(2)24(37)38-12-9-26(29,30)31/h3-4,13,16,18,21-22,35H,5-12,14-15H2,1-2H3/t18-,21+,22?/m1/s1. The molecule has 2 amide bonds. The normalized spacial score (nSPS) is 24.8. The first-order valence-electron chi connectivity index (χ1n) is 12.9. The van der Waals surface area contributed by atoms with Gasteiger partial charge in [-0.3, -0.25) is 9.69 Å². The minimum Gasteiger partial charge on any atom is -0.449 e. The number of ether oxygens (including phenoxy) is 1. The second kappa shape index (κ2) is 11.4. The average Bonchev–Trinajstić information content (AvgIpc) is 3.47. The number of benzene rings is 1. The summed E-state index contributed by atoms with van der Waals surface area (Å²) in [5, 5.41) is 12.0. The quantitative estimate of drug-likeness (QED) is 0.484. The van der Waals surface area contributed by atoms with Gasteiger partial charge in [-0.05, 0) is 43.4 Å². The molecule has 4 rings (SSSR count). The third kappa shape index (κ3) is 6.69. The summed E-state index contributed by atoms with van der Waals surface area (Å²) in [6, 6.07) is 4.69. The van der Waals surface area contributed by atoms with Crippen LogP contribution < -0.4 is 0 Å². The van der Waals surface area contributed by atoms with E-state index in [1.807, 2.05) is 16.7 Å². The molecule has 0 bridgehead atoms. The third-order valence-electron chi connectivity index (χ3n) is 8.22. The van der Waals surface area contributed by atoms with Crippen LogP contribution in [-0.4, -0.2) is 90.1 Å². The molecule has 1 N–H and O–H groups in total. The second-order valence-corrected chi connectivity index (χ2v) is 11.8. The lowest BCUT2D eigenvalue weighted by Gasteiger charge is -2.38. The summed E-state index contributed by atoms with van der Waals surface area (Å²) in [5.41, 5.74) is 0.576. The number of aliphatic hydroxyl groups excluding tert-OH is 1. The zero-order chi connectivity index (χ0) is 27.8. The molecule has 212 valence electrons. The fourth-order valence-corrected chi connectivity index (χ4v) is 5.78. The average molecular weight is 580 g/mol. The molecule has 1 aromatic carbocycles. The van der Waals surface area contributed by atoms with Crippen LogP contribution >= 0.6 is 23.2 Å². The van der Waals surface area contributed by atoms with Crippen molar-refractivity contribution in [2.75, 3.05) is 39.8 Å². The fraction of sp³-hybridized carbons (Fsp3) is 0.692. The smallest absolute Gasteiger partial charge is 0.409 e.